The molecule has 0 aliphatic carbocycles. The first-order valence-electron chi connectivity index (χ1n) is 11.8. The molecule has 0 fully saturated rings. The fourth-order valence-electron chi connectivity index (χ4n) is 5.49. The molecule has 4 aromatic carbocycles. The third-order valence-corrected chi connectivity index (χ3v) is 7.17. The molecule has 0 saturated carbocycles. The van der Waals surface area contributed by atoms with Crippen LogP contribution in [0, 0.1) is 0 Å². The zero-order valence-corrected chi connectivity index (χ0v) is 21.5. The number of ether oxygens (including phenoxy) is 5. The first kappa shape index (κ1) is 23.9. The molecule has 1 aliphatic rings. The van der Waals surface area contributed by atoms with Crippen molar-refractivity contribution < 1.29 is 28.8 Å². The van der Waals surface area contributed by atoms with Crippen LogP contribution in [-0.2, 0) is 6.42 Å². The number of fused-ring (bicyclic) bond motifs is 4. The van der Waals surface area contributed by atoms with Crippen molar-refractivity contribution >= 4 is 21.5 Å². The van der Waals surface area contributed by atoms with E-state index < -0.39 is 0 Å². The molecule has 7 nitrogen and oxygen atoms in total. The molecule has 4 aromatic rings. The Morgan fingerprint density at radius 2 is 1.42 bits per heavy atom. The van der Waals surface area contributed by atoms with Crippen LogP contribution >= 0.6 is 0 Å². The van der Waals surface area contributed by atoms with Crippen LogP contribution < -0.4 is 23.7 Å². The highest BCUT2D eigenvalue weighted by molar-refractivity contribution is 6.14. The maximum Gasteiger partial charge on any atom is 0.203 e. The van der Waals surface area contributed by atoms with Gasteiger partial charge in [0.05, 0.1) is 41.6 Å². The summed E-state index contributed by atoms with van der Waals surface area (Å²) < 4.78 is 28.6. The van der Waals surface area contributed by atoms with Gasteiger partial charge < -0.3 is 28.8 Å². The van der Waals surface area contributed by atoms with Gasteiger partial charge in [-0.05, 0) is 82.7 Å². The summed E-state index contributed by atoms with van der Waals surface area (Å²) in [7, 11) is 10.3. The van der Waals surface area contributed by atoms with Crippen molar-refractivity contribution in [1.29, 1.82) is 0 Å². The van der Waals surface area contributed by atoms with E-state index in [0.717, 1.165) is 51.4 Å². The van der Waals surface area contributed by atoms with Crippen LogP contribution in [0.2, 0.25) is 0 Å². The van der Waals surface area contributed by atoms with Gasteiger partial charge in [-0.1, -0.05) is 6.07 Å². The first-order valence-corrected chi connectivity index (χ1v) is 11.8. The molecule has 36 heavy (non-hydrogen) atoms. The Hall–Kier alpha value is -3.84. The minimum absolute atomic E-state index is 0.0583. The van der Waals surface area contributed by atoms with Crippen LogP contribution in [0.1, 0.15) is 22.7 Å². The van der Waals surface area contributed by atoms with E-state index >= 15 is 0 Å². The lowest BCUT2D eigenvalue weighted by molar-refractivity contribution is 0.263. The van der Waals surface area contributed by atoms with Crippen LogP contribution in [0.15, 0.2) is 42.5 Å². The maximum absolute atomic E-state index is 10.3. The molecular formula is C29H31NO6. The first-order chi connectivity index (χ1) is 17.4. The zero-order chi connectivity index (χ0) is 25.6. The molecule has 7 heteroatoms. The summed E-state index contributed by atoms with van der Waals surface area (Å²) in [5, 5.41) is 14.0. The van der Waals surface area contributed by atoms with E-state index in [1.807, 2.05) is 12.1 Å². The van der Waals surface area contributed by atoms with E-state index in [0.29, 0.717) is 23.0 Å². The number of benzene rings is 4. The third-order valence-electron chi connectivity index (χ3n) is 7.17. The molecular weight excluding hydrogens is 458 g/mol. The highest BCUT2D eigenvalue weighted by atomic mass is 16.5. The number of methoxy groups -OCH3 is 5. The molecule has 5 rings (SSSR count). The van der Waals surface area contributed by atoms with Crippen molar-refractivity contribution in [2.75, 3.05) is 49.1 Å². The lowest BCUT2D eigenvalue weighted by atomic mass is 9.84. The SMILES string of the molecule is COc1cc2c(cc1OC)C(c1cc3ccc(O)cc3c3c(OC)c(OC)c(OC)cc13)N(C)CC2. The Labute approximate surface area is 210 Å². The summed E-state index contributed by atoms with van der Waals surface area (Å²) in [5.41, 5.74) is 3.48. The number of phenols is 1. The fourth-order valence-corrected chi connectivity index (χ4v) is 5.49. The average molecular weight is 490 g/mol. The highest BCUT2D eigenvalue weighted by Crippen LogP contribution is 2.50. The predicted octanol–water partition coefficient (Wildman–Crippen LogP) is 5.32. The number of rotatable bonds is 6. The molecule has 0 radical (unpaired) electrons. The van der Waals surface area contributed by atoms with Gasteiger partial charge in [-0.2, -0.15) is 0 Å². The number of likely N-dealkylation sites (N-methyl/N-ethyl adjacent to an activating group) is 1. The summed E-state index contributed by atoms with van der Waals surface area (Å²) >= 11 is 0. The predicted molar refractivity (Wildman–Crippen MR) is 140 cm³/mol. The number of aromatic hydroxyl groups is 1. The van der Waals surface area contributed by atoms with Gasteiger partial charge in [0.2, 0.25) is 5.75 Å². The molecule has 1 unspecified atom stereocenters. The van der Waals surface area contributed by atoms with E-state index in [1.54, 1.807) is 47.7 Å². The highest BCUT2D eigenvalue weighted by Gasteiger charge is 2.31. The monoisotopic (exact) mass is 489 g/mol. The lowest BCUT2D eigenvalue weighted by Gasteiger charge is -2.36. The van der Waals surface area contributed by atoms with Gasteiger partial charge >= 0.3 is 0 Å². The van der Waals surface area contributed by atoms with E-state index in [4.69, 9.17) is 23.7 Å². The molecule has 0 bridgehead atoms. The Bertz CT molecular complexity index is 1460. The van der Waals surface area contributed by atoms with Gasteiger partial charge in [0.25, 0.3) is 0 Å². The van der Waals surface area contributed by atoms with Crippen LogP contribution in [0.3, 0.4) is 0 Å². The smallest absolute Gasteiger partial charge is 0.203 e. The lowest BCUT2D eigenvalue weighted by Crippen LogP contribution is -2.33. The molecule has 1 N–H and O–H groups in total. The van der Waals surface area contributed by atoms with Crippen molar-refractivity contribution in [1.82, 2.24) is 4.90 Å². The van der Waals surface area contributed by atoms with Crippen LogP contribution in [0.25, 0.3) is 21.5 Å². The second kappa shape index (κ2) is 9.32. The van der Waals surface area contributed by atoms with Crippen LogP contribution in [0.5, 0.6) is 34.5 Å². The van der Waals surface area contributed by atoms with Gasteiger partial charge in [-0.3, -0.25) is 4.90 Å². The van der Waals surface area contributed by atoms with E-state index in [2.05, 4.69) is 30.1 Å². The maximum atomic E-state index is 10.3. The Balaban J connectivity index is 1.91. The molecule has 0 spiro atoms. The summed E-state index contributed by atoms with van der Waals surface area (Å²) in [5.74, 6) is 3.27. The number of hydrogen-bond acceptors (Lipinski definition) is 7. The Kier molecular flexibility index (Phi) is 6.18. The molecule has 0 aromatic heterocycles. The van der Waals surface area contributed by atoms with Crippen molar-refractivity contribution in [3.8, 4) is 34.5 Å². The number of phenolic OH excluding ortho intramolecular Hbond substituents is 1. The van der Waals surface area contributed by atoms with Crippen molar-refractivity contribution in [3.63, 3.8) is 0 Å². The topological polar surface area (TPSA) is 69.6 Å². The van der Waals surface area contributed by atoms with Crippen molar-refractivity contribution in [2.45, 2.75) is 12.5 Å². The fraction of sp³-hybridized carbons (Fsp3) is 0.310. The quantitative estimate of drug-likeness (QED) is 0.368. The average Bonchev–Trinajstić information content (AvgIpc) is 2.90. The summed E-state index contributed by atoms with van der Waals surface area (Å²) in [4.78, 5) is 2.35. The summed E-state index contributed by atoms with van der Waals surface area (Å²) in [6.45, 7) is 0.882. The van der Waals surface area contributed by atoms with Gasteiger partial charge in [0.1, 0.15) is 5.75 Å². The molecule has 0 saturated heterocycles. The normalized spacial score (nSPS) is 15.6. The largest absolute Gasteiger partial charge is 0.508 e. The molecule has 188 valence electrons. The second-order valence-corrected chi connectivity index (χ2v) is 8.98. The van der Waals surface area contributed by atoms with E-state index in [-0.39, 0.29) is 11.8 Å². The number of hydrogen-bond donors (Lipinski definition) is 1. The minimum Gasteiger partial charge on any atom is -0.508 e. The summed E-state index contributed by atoms with van der Waals surface area (Å²) in [6.07, 6.45) is 0.905. The van der Waals surface area contributed by atoms with Gasteiger partial charge in [0, 0.05) is 11.9 Å². The van der Waals surface area contributed by atoms with Crippen molar-refractivity contribution in [2.24, 2.45) is 0 Å². The molecule has 1 aliphatic heterocycles. The van der Waals surface area contributed by atoms with E-state index in [9.17, 15) is 5.11 Å². The number of nitrogens with zero attached hydrogens (tertiary/aromatic N) is 1. The molecule has 1 heterocycles. The van der Waals surface area contributed by atoms with Crippen LogP contribution in [-0.4, -0.2) is 59.1 Å². The zero-order valence-electron chi connectivity index (χ0n) is 21.5. The van der Waals surface area contributed by atoms with Crippen LogP contribution in [0.4, 0.5) is 0 Å². The standard InChI is InChI=1S/C29H31NO6/c1-30-10-9-17-12-23(32-2)24(33-3)14-20(17)27(30)22-11-16-7-8-18(31)13-19(16)26-21(22)15-25(34-4)28(35-5)29(26)36-6/h7-8,11-15,27,31H,9-10H2,1-6H3. The Morgan fingerprint density at radius 1 is 0.722 bits per heavy atom. The van der Waals surface area contributed by atoms with Gasteiger partial charge in [-0.15, -0.1) is 0 Å². The second-order valence-electron chi connectivity index (χ2n) is 8.98. The molecule has 0 amide bonds. The van der Waals surface area contributed by atoms with E-state index in [1.165, 1.54) is 5.56 Å². The van der Waals surface area contributed by atoms with Gasteiger partial charge in [-0.25, -0.2) is 0 Å². The minimum atomic E-state index is -0.0583. The Morgan fingerprint density at radius 3 is 2.08 bits per heavy atom. The third kappa shape index (κ3) is 3.62. The summed E-state index contributed by atoms with van der Waals surface area (Å²) in [6, 6.07) is 13.7. The molecule has 1 atom stereocenters. The van der Waals surface area contributed by atoms with Gasteiger partial charge in [0.15, 0.2) is 23.0 Å². The van der Waals surface area contributed by atoms with Crippen molar-refractivity contribution in [3.05, 3.63) is 59.2 Å².